The van der Waals surface area contributed by atoms with Crippen LogP contribution in [-0.4, -0.2) is 28.9 Å². The summed E-state index contributed by atoms with van der Waals surface area (Å²) in [6.45, 7) is 8.79. The Morgan fingerprint density at radius 3 is 2.67 bits per heavy atom. The Kier molecular flexibility index (Phi) is 3.46. The van der Waals surface area contributed by atoms with E-state index < -0.39 is 0 Å². The van der Waals surface area contributed by atoms with E-state index in [0.29, 0.717) is 18.3 Å². The van der Waals surface area contributed by atoms with Gasteiger partial charge in [-0.25, -0.2) is 4.79 Å². The molecule has 0 aromatic rings. The molecule has 2 amide bonds. The van der Waals surface area contributed by atoms with Crippen LogP contribution in [0.3, 0.4) is 0 Å². The van der Waals surface area contributed by atoms with E-state index in [4.69, 9.17) is 5.73 Å². The van der Waals surface area contributed by atoms with Gasteiger partial charge in [0, 0.05) is 6.54 Å². The van der Waals surface area contributed by atoms with Gasteiger partial charge < -0.3 is 10.6 Å². The molecule has 0 bridgehead atoms. The molecule has 1 saturated carbocycles. The molecule has 0 aromatic heterocycles. The highest BCUT2D eigenvalue weighted by molar-refractivity contribution is 6.05. The maximum atomic E-state index is 11.9. The van der Waals surface area contributed by atoms with Crippen molar-refractivity contribution >= 4 is 11.9 Å². The molecule has 1 aliphatic heterocycles. The Morgan fingerprint density at radius 2 is 2.17 bits per heavy atom. The van der Waals surface area contributed by atoms with Gasteiger partial charge in [-0.1, -0.05) is 19.9 Å². The maximum absolute atomic E-state index is 11.9. The molecule has 2 rings (SSSR count). The number of nitrogens with zero attached hydrogens (tertiary/aromatic N) is 2. The Bertz CT molecular complexity index is 379. The van der Waals surface area contributed by atoms with Gasteiger partial charge in [-0.05, 0) is 37.5 Å². The molecule has 1 spiro atoms. The highest BCUT2D eigenvalue weighted by Gasteiger charge is 2.49. The molecular weight excluding hydrogens is 226 g/mol. The molecule has 0 atom stereocenters. The number of hydrogen-bond acceptors (Lipinski definition) is 2. The summed E-state index contributed by atoms with van der Waals surface area (Å²) < 4.78 is 0. The van der Waals surface area contributed by atoms with Crippen LogP contribution >= 0.6 is 0 Å². The third-order valence-corrected chi connectivity index (χ3v) is 4.55. The van der Waals surface area contributed by atoms with Crippen LogP contribution in [0.4, 0.5) is 4.79 Å². The normalized spacial score (nSPS) is 32.2. The van der Waals surface area contributed by atoms with Gasteiger partial charge in [0.05, 0.1) is 0 Å². The number of amides is 2. The van der Waals surface area contributed by atoms with Gasteiger partial charge in [-0.15, -0.1) is 6.58 Å². The van der Waals surface area contributed by atoms with Gasteiger partial charge in [-0.2, -0.15) is 4.99 Å². The Balaban J connectivity index is 2.17. The number of hydrogen-bond donors (Lipinski definition) is 1. The SMILES string of the molecule is C=CCN1C(=O)N=C(N)C12CCC(C(C)C)CC2. The van der Waals surface area contributed by atoms with E-state index >= 15 is 0 Å². The number of urea groups is 1. The molecule has 18 heavy (non-hydrogen) atoms. The lowest BCUT2D eigenvalue weighted by Crippen LogP contribution is -2.56. The lowest BCUT2D eigenvalue weighted by atomic mass is 9.72. The van der Waals surface area contributed by atoms with Crippen LogP contribution < -0.4 is 5.73 Å². The van der Waals surface area contributed by atoms with Crippen LogP contribution in [0.2, 0.25) is 0 Å². The van der Waals surface area contributed by atoms with Crippen LogP contribution in [0.15, 0.2) is 17.6 Å². The molecule has 0 aromatic carbocycles. The molecule has 2 aliphatic rings. The van der Waals surface area contributed by atoms with Crippen molar-refractivity contribution in [3.05, 3.63) is 12.7 Å². The summed E-state index contributed by atoms with van der Waals surface area (Å²) >= 11 is 0. The first kappa shape index (κ1) is 13.1. The second-order valence-corrected chi connectivity index (χ2v) is 5.79. The van der Waals surface area contributed by atoms with E-state index in [-0.39, 0.29) is 11.6 Å². The van der Waals surface area contributed by atoms with Gasteiger partial charge in [0.2, 0.25) is 0 Å². The maximum Gasteiger partial charge on any atom is 0.346 e. The fourth-order valence-corrected chi connectivity index (χ4v) is 3.28. The first-order valence-corrected chi connectivity index (χ1v) is 6.78. The quantitative estimate of drug-likeness (QED) is 0.781. The summed E-state index contributed by atoms with van der Waals surface area (Å²) in [6.07, 6.45) is 5.86. The third-order valence-electron chi connectivity index (χ3n) is 4.55. The first-order chi connectivity index (χ1) is 8.51. The number of carbonyl (C=O) groups is 1. The van der Waals surface area contributed by atoms with Gasteiger partial charge in [0.1, 0.15) is 11.4 Å². The molecule has 4 heteroatoms. The van der Waals surface area contributed by atoms with Gasteiger partial charge in [0.25, 0.3) is 0 Å². The van der Waals surface area contributed by atoms with Crippen LogP contribution in [0, 0.1) is 11.8 Å². The summed E-state index contributed by atoms with van der Waals surface area (Å²) in [5.74, 6) is 1.95. The van der Waals surface area contributed by atoms with Crippen LogP contribution in [0.5, 0.6) is 0 Å². The molecule has 1 heterocycles. The van der Waals surface area contributed by atoms with E-state index in [1.807, 2.05) is 0 Å². The Labute approximate surface area is 109 Å². The zero-order valence-electron chi connectivity index (χ0n) is 11.4. The van der Waals surface area contributed by atoms with E-state index in [2.05, 4.69) is 25.4 Å². The van der Waals surface area contributed by atoms with Crippen molar-refractivity contribution in [2.45, 2.75) is 45.1 Å². The third kappa shape index (κ3) is 1.93. The summed E-state index contributed by atoms with van der Waals surface area (Å²) in [5, 5.41) is 0. The second-order valence-electron chi connectivity index (χ2n) is 5.79. The smallest absolute Gasteiger partial charge is 0.346 e. The summed E-state index contributed by atoms with van der Waals surface area (Å²) in [6, 6.07) is -0.199. The van der Waals surface area contributed by atoms with Crippen molar-refractivity contribution in [1.29, 1.82) is 0 Å². The Morgan fingerprint density at radius 1 is 1.56 bits per heavy atom. The zero-order valence-corrected chi connectivity index (χ0v) is 11.4. The minimum Gasteiger partial charge on any atom is -0.385 e. The van der Waals surface area contributed by atoms with Gasteiger partial charge in [-0.3, -0.25) is 0 Å². The second kappa shape index (κ2) is 4.75. The van der Waals surface area contributed by atoms with Gasteiger partial charge in [0.15, 0.2) is 0 Å². The lowest BCUT2D eigenvalue weighted by molar-refractivity contribution is 0.122. The molecular formula is C14H23N3O. The fourth-order valence-electron chi connectivity index (χ4n) is 3.28. The van der Waals surface area contributed by atoms with Crippen molar-refractivity contribution in [3.63, 3.8) is 0 Å². The largest absolute Gasteiger partial charge is 0.385 e. The number of aliphatic imine (C=N–C) groups is 1. The van der Waals surface area contributed by atoms with Crippen LogP contribution in [-0.2, 0) is 0 Å². The summed E-state index contributed by atoms with van der Waals surface area (Å²) in [7, 11) is 0. The summed E-state index contributed by atoms with van der Waals surface area (Å²) in [4.78, 5) is 17.6. The molecule has 1 aliphatic carbocycles. The lowest BCUT2D eigenvalue weighted by Gasteiger charge is -2.43. The van der Waals surface area contributed by atoms with E-state index in [1.54, 1.807) is 11.0 Å². The van der Waals surface area contributed by atoms with E-state index in [1.165, 1.54) is 0 Å². The molecule has 1 fully saturated rings. The van der Waals surface area contributed by atoms with Gasteiger partial charge >= 0.3 is 6.03 Å². The minimum atomic E-state index is -0.323. The molecule has 4 nitrogen and oxygen atoms in total. The molecule has 2 N–H and O–H groups in total. The van der Waals surface area contributed by atoms with E-state index in [9.17, 15) is 4.79 Å². The predicted octanol–water partition coefficient (Wildman–Crippen LogP) is 2.55. The first-order valence-electron chi connectivity index (χ1n) is 6.78. The standard InChI is InChI=1S/C14H23N3O/c1-4-9-17-13(18)16-12(15)14(17)7-5-11(6-8-14)10(2)3/h4,10-11H,1,5-9H2,2-3H3,(H2,15,16,18). The van der Waals surface area contributed by atoms with Crippen molar-refractivity contribution in [1.82, 2.24) is 4.90 Å². The van der Waals surface area contributed by atoms with E-state index in [0.717, 1.165) is 31.6 Å². The topological polar surface area (TPSA) is 58.7 Å². The number of amidine groups is 1. The van der Waals surface area contributed by atoms with Crippen molar-refractivity contribution in [2.75, 3.05) is 6.54 Å². The van der Waals surface area contributed by atoms with Crippen LogP contribution in [0.25, 0.3) is 0 Å². The van der Waals surface area contributed by atoms with Crippen LogP contribution in [0.1, 0.15) is 39.5 Å². The average Bonchev–Trinajstić information content (AvgIpc) is 2.55. The minimum absolute atomic E-state index is 0.199. The Hall–Kier alpha value is -1.32. The predicted molar refractivity (Wildman–Crippen MR) is 73.4 cm³/mol. The number of carbonyl (C=O) groups excluding carboxylic acids is 1. The van der Waals surface area contributed by atoms with Crippen molar-refractivity contribution in [3.8, 4) is 0 Å². The molecule has 0 radical (unpaired) electrons. The molecule has 0 saturated heterocycles. The summed E-state index contributed by atoms with van der Waals surface area (Å²) in [5.41, 5.74) is 5.71. The number of rotatable bonds is 3. The van der Waals surface area contributed by atoms with Crippen molar-refractivity contribution in [2.24, 2.45) is 22.6 Å². The number of nitrogens with two attached hydrogens (primary N) is 1. The molecule has 100 valence electrons. The fraction of sp³-hybridized carbons (Fsp3) is 0.714. The zero-order chi connectivity index (χ0) is 13.3. The molecule has 0 unspecified atom stereocenters. The highest BCUT2D eigenvalue weighted by atomic mass is 16.2. The highest BCUT2D eigenvalue weighted by Crippen LogP contribution is 2.41. The van der Waals surface area contributed by atoms with Crippen molar-refractivity contribution < 1.29 is 4.79 Å². The average molecular weight is 249 g/mol. The monoisotopic (exact) mass is 249 g/mol.